The molecule has 17 heavy (non-hydrogen) atoms. The summed E-state index contributed by atoms with van der Waals surface area (Å²) in [5.41, 5.74) is 0.607. The zero-order chi connectivity index (χ0) is 13.0. The Labute approximate surface area is 104 Å². The number of hydrogen-bond donors (Lipinski definition) is 1. The second-order valence-corrected chi connectivity index (χ2v) is 4.19. The van der Waals surface area contributed by atoms with Gasteiger partial charge in [-0.15, -0.1) is 11.6 Å². The highest BCUT2D eigenvalue weighted by molar-refractivity contribution is 6.21. The fraction of sp³-hybridized carbons (Fsp3) is 0.455. The van der Waals surface area contributed by atoms with Crippen molar-refractivity contribution >= 4 is 23.5 Å². The number of carbonyl (C=O) groups is 2. The molecular formula is C11H14ClNO4. The number of esters is 2. The Balaban J connectivity index is 3.07. The van der Waals surface area contributed by atoms with Gasteiger partial charge in [0, 0.05) is 23.7 Å². The van der Waals surface area contributed by atoms with Crippen molar-refractivity contribution in [2.45, 2.75) is 12.3 Å². The zero-order valence-corrected chi connectivity index (χ0v) is 10.6. The number of halogens is 1. The van der Waals surface area contributed by atoms with E-state index in [4.69, 9.17) is 11.6 Å². The average molecular weight is 260 g/mol. The molecule has 0 bridgehead atoms. The van der Waals surface area contributed by atoms with Crippen LogP contribution in [0.3, 0.4) is 0 Å². The molecular weight excluding hydrogens is 246 g/mol. The van der Waals surface area contributed by atoms with Crippen molar-refractivity contribution in [3.8, 4) is 0 Å². The summed E-state index contributed by atoms with van der Waals surface area (Å²) in [5, 5.41) is 2.28. The number of alkyl halides is 1. The predicted molar refractivity (Wildman–Crippen MR) is 62.1 cm³/mol. The van der Waals surface area contributed by atoms with Gasteiger partial charge in [-0.2, -0.15) is 0 Å². The first-order chi connectivity index (χ1) is 8.02. The first kappa shape index (κ1) is 13.6. The Morgan fingerprint density at radius 1 is 1.24 bits per heavy atom. The van der Waals surface area contributed by atoms with Gasteiger partial charge in [-0.3, -0.25) is 0 Å². The molecule has 0 saturated carbocycles. The van der Waals surface area contributed by atoms with Gasteiger partial charge >= 0.3 is 11.9 Å². The molecule has 1 heterocycles. The van der Waals surface area contributed by atoms with E-state index in [1.54, 1.807) is 6.92 Å². The van der Waals surface area contributed by atoms with E-state index in [0.717, 1.165) is 0 Å². The lowest BCUT2D eigenvalue weighted by molar-refractivity contribution is -0.137. The molecule has 1 unspecified atom stereocenters. The number of nitrogens with one attached hydrogen (secondary N) is 1. The summed E-state index contributed by atoms with van der Waals surface area (Å²) in [7, 11) is 2.55. The fourth-order valence-electron chi connectivity index (χ4n) is 1.67. The molecule has 6 heteroatoms. The molecule has 0 radical (unpaired) electrons. The zero-order valence-electron chi connectivity index (χ0n) is 9.82. The molecule has 0 amide bonds. The third-order valence-corrected chi connectivity index (χ3v) is 2.70. The third-order valence-electron chi connectivity index (χ3n) is 2.45. The van der Waals surface area contributed by atoms with E-state index in [-0.39, 0.29) is 0 Å². The molecule has 1 atom stereocenters. The number of methoxy groups -OCH3 is 2. The molecule has 0 aliphatic carbocycles. The summed E-state index contributed by atoms with van der Waals surface area (Å²) < 4.78 is 9.29. The van der Waals surface area contributed by atoms with Crippen molar-refractivity contribution in [2.24, 2.45) is 5.92 Å². The number of hydrogen-bond acceptors (Lipinski definition) is 5. The van der Waals surface area contributed by atoms with Crippen LogP contribution in [0.2, 0.25) is 0 Å². The van der Waals surface area contributed by atoms with Gasteiger partial charge in [-0.1, -0.05) is 0 Å². The van der Waals surface area contributed by atoms with Crippen LogP contribution < -0.4 is 5.32 Å². The summed E-state index contributed by atoms with van der Waals surface area (Å²) in [6.45, 7) is 1.70. The van der Waals surface area contributed by atoms with Crippen LogP contribution in [0.25, 0.3) is 0 Å². The maximum atomic E-state index is 11.6. The van der Waals surface area contributed by atoms with Gasteiger partial charge in [-0.05, 0) is 6.92 Å². The maximum absolute atomic E-state index is 11.6. The highest BCUT2D eigenvalue weighted by Crippen LogP contribution is 2.30. The topological polar surface area (TPSA) is 64.6 Å². The van der Waals surface area contributed by atoms with E-state index in [2.05, 4.69) is 14.8 Å². The molecule has 0 aromatic rings. The summed E-state index contributed by atoms with van der Waals surface area (Å²) >= 11 is 6.02. The normalized spacial score (nSPS) is 17.4. The van der Waals surface area contributed by atoms with Crippen LogP contribution in [0, 0.1) is 5.92 Å². The van der Waals surface area contributed by atoms with Crippen LogP contribution >= 0.6 is 11.6 Å². The number of carbonyl (C=O) groups excluding carboxylic acids is 2. The summed E-state index contributed by atoms with van der Waals surface area (Å²) in [5.74, 6) is -1.59. The molecule has 1 aliphatic heterocycles. The molecule has 0 aromatic carbocycles. The smallest absolute Gasteiger partial charge is 0.335 e. The molecule has 0 spiro atoms. The average Bonchev–Trinajstić information content (AvgIpc) is 2.35. The fourth-order valence-corrected chi connectivity index (χ4v) is 1.94. The van der Waals surface area contributed by atoms with E-state index in [1.165, 1.54) is 26.6 Å². The quantitative estimate of drug-likeness (QED) is 0.604. The van der Waals surface area contributed by atoms with Gasteiger partial charge in [-0.25, -0.2) is 9.59 Å². The number of dihydropyridines is 1. The largest absolute Gasteiger partial charge is 0.466 e. The molecule has 1 N–H and O–H groups in total. The van der Waals surface area contributed by atoms with Crippen molar-refractivity contribution in [1.29, 1.82) is 0 Å². The molecule has 0 saturated heterocycles. The first-order valence-electron chi connectivity index (χ1n) is 4.99. The van der Waals surface area contributed by atoms with Gasteiger partial charge in [0.25, 0.3) is 0 Å². The summed E-state index contributed by atoms with van der Waals surface area (Å²) in [6.07, 6.45) is 2.95. The Kier molecular flexibility index (Phi) is 4.57. The van der Waals surface area contributed by atoms with E-state index < -0.39 is 23.2 Å². The summed E-state index contributed by atoms with van der Waals surface area (Å²) in [4.78, 5) is 23.1. The molecule has 0 aromatic heterocycles. The van der Waals surface area contributed by atoms with Crippen LogP contribution in [-0.2, 0) is 19.1 Å². The molecule has 0 fully saturated rings. The van der Waals surface area contributed by atoms with Gasteiger partial charge < -0.3 is 14.8 Å². The van der Waals surface area contributed by atoms with Crippen molar-refractivity contribution in [2.75, 3.05) is 14.2 Å². The van der Waals surface area contributed by atoms with Crippen molar-refractivity contribution in [3.63, 3.8) is 0 Å². The highest BCUT2D eigenvalue weighted by atomic mass is 35.5. The Hall–Kier alpha value is -1.49. The lowest BCUT2D eigenvalue weighted by Crippen LogP contribution is -2.32. The standard InChI is InChI=1S/C11H14ClNO4/c1-6(12)9-7(10(14)16-2)4-13-5-8(9)11(15)17-3/h4-6,9,13H,1-3H3. The first-order valence-corrected chi connectivity index (χ1v) is 5.43. The highest BCUT2D eigenvalue weighted by Gasteiger charge is 2.35. The minimum absolute atomic E-state index is 0.304. The van der Waals surface area contributed by atoms with Crippen LogP contribution in [0.15, 0.2) is 23.5 Å². The molecule has 5 nitrogen and oxygen atoms in total. The minimum atomic E-state index is -0.544. The van der Waals surface area contributed by atoms with Gasteiger partial charge in [0.15, 0.2) is 0 Å². The summed E-state index contributed by atoms with van der Waals surface area (Å²) in [6, 6.07) is 0. The Bertz CT molecular complexity index is 355. The third kappa shape index (κ3) is 2.79. The molecule has 94 valence electrons. The van der Waals surface area contributed by atoms with Crippen LogP contribution in [0.1, 0.15) is 6.92 Å². The van der Waals surface area contributed by atoms with Crippen molar-refractivity contribution < 1.29 is 19.1 Å². The van der Waals surface area contributed by atoms with Gasteiger partial charge in [0.1, 0.15) is 0 Å². The van der Waals surface area contributed by atoms with E-state index in [9.17, 15) is 9.59 Å². The van der Waals surface area contributed by atoms with Gasteiger partial charge in [0.05, 0.1) is 25.4 Å². The lowest BCUT2D eigenvalue weighted by Gasteiger charge is -2.25. The Morgan fingerprint density at radius 2 is 1.65 bits per heavy atom. The van der Waals surface area contributed by atoms with E-state index >= 15 is 0 Å². The number of ether oxygens (including phenoxy) is 2. The monoisotopic (exact) mass is 259 g/mol. The maximum Gasteiger partial charge on any atom is 0.335 e. The van der Waals surface area contributed by atoms with Crippen LogP contribution in [-0.4, -0.2) is 31.5 Å². The molecule has 1 aliphatic rings. The number of rotatable bonds is 3. The van der Waals surface area contributed by atoms with Crippen molar-refractivity contribution in [3.05, 3.63) is 23.5 Å². The van der Waals surface area contributed by atoms with E-state index in [0.29, 0.717) is 11.1 Å². The predicted octanol–water partition coefficient (Wildman–Crippen LogP) is 0.947. The molecule has 1 rings (SSSR count). The van der Waals surface area contributed by atoms with E-state index in [1.807, 2.05) is 0 Å². The lowest BCUT2D eigenvalue weighted by atomic mass is 9.87. The van der Waals surface area contributed by atoms with Gasteiger partial charge in [0.2, 0.25) is 0 Å². The second-order valence-electron chi connectivity index (χ2n) is 3.50. The minimum Gasteiger partial charge on any atom is -0.466 e. The Morgan fingerprint density at radius 3 is 1.94 bits per heavy atom. The van der Waals surface area contributed by atoms with Crippen molar-refractivity contribution in [1.82, 2.24) is 5.32 Å². The second kappa shape index (κ2) is 5.72. The van der Waals surface area contributed by atoms with Crippen LogP contribution in [0.4, 0.5) is 0 Å². The SMILES string of the molecule is COC(=O)C1=CNC=C(C(=O)OC)C1C(C)Cl. The van der Waals surface area contributed by atoms with Crippen LogP contribution in [0.5, 0.6) is 0 Å².